The number of carbonyl (C=O) groups excluding carboxylic acids is 2. The van der Waals surface area contributed by atoms with Crippen molar-refractivity contribution in [2.45, 2.75) is 267 Å². The van der Waals surface area contributed by atoms with Gasteiger partial charge in [0.15, 0.2) is 44.0 Å². The lowest BCUT2D eigenvalue weighted by Gasteiger charge is -2.52. The smallest absolute Gasteiger partial charge is 0.217 e. The van der Waals surface area contributed by atoms with Crippen LogP contribution in [-0.4, -0.2) is 415 Å². The lowest BCUT2D eigenvalue weighted by Crippen LogP contribution is -2.71. The monoisotopic (exact) mass is 1370 g/mol. The molecule has 0 radical (unpaired) electrons. The van der Waals surface area contributed by atoms with Gasteiger partial charge in [0.05, 0.1) is 58.5 Å². The van der Waals surface area contributed by atoms with Gasteiger partial charge in [-0.15, -0.1) is 0 Å². The van der Waals surface area contributed by atoms with Crippen LogP contribution in [0.2, 0.25) is 0 Å². The average Bonchev–Trinajstić information content (AvgIpc) is 0.769. The third kappa shape index (κ3) is 17.4. The second-order valence-electron chi connectivity index (χ2n) is 23.6. The fourth-order valence-corrected chi connectivity index (χ4v) is 11.7. The summed E-state index contributed by atoms with van der Waals surface area (Å²) in [6.45, 7) is -3.35. The van der Waals surface area contributed by atoms with Crippen LogP contribution in [-0.2, 0) is 75.9 Å². The molecule has 93 heavy (non-hydrogen) atoms. The minimum atomic E-state index is -2.50. The van der Waals surface area contributed by atoms with Crippen molar-refractivity contribution in [3.8, 4) is 0 Å². The molecule has 0 aromatic heterocycles. The first-order chi connectivity index (χ1) is 43.9. The summed E-state index contributed by atoms with van der Waals surface area (Å²) < 4.78 is 83.0. The van der Waals surface area contributed by atoms with Gasteiger partial charge in [0.1, 0.15) is 183 Å². The van der Waals surface area contributed by atoms with Crippen LogP contribution >= 0.6 is 0 Å². The second-order valence-corrected chi connectivity index (χ2v) is 23.6. The van der Waals surface area contributed by atoms with E-state index in [1.54, 1.807) is 0 Å². The van der Waals surface area contributed by atoms with Crippen molar-refractivity contribution >= 4 is 11.8 Å². The van der Waals surface area contributed by atoms with E-state index in [-0.39, 0.29) is 0 Å². The average molecular weight is 1370 g/mol. The lowest BCUT2D eigenvalue weighted by molar-refractivity contribution is -0.399. The van der Waals surface area contributed by atoms with Gasteiger partial charge in [-0.2, -0.15) is 0 Å². The summed E-state index contributed by atoms with van der Waals surface area (Å²) in [5.41, 5.74) is 0. The van der Waals surface area contributed by atoms with Crippen LogP contribution in [0.4, 0.5) is 0 Å². The molecule has 7 rings (SSSR count). The summed E-state index contributed by atoms with van der Waals surface area (Å²) in [6, 6.07) is -3.85. The van der Waals surface area contributed by atoms with E-state index in [9.17, 15) is 127 Å². The highest BCUT2D eigenvalue weighted by molar-refractivity contribution is 5.73. The van der Waals surface area contributed by atoms with Crippen molar-refractivity contribution in [3.63, 3.8) is 0 Å². The first-order valence-electron chi connectivity index (χ1n) is 29.8. The summed E-state index contributed by atoms with van der Waals surface area (Å²) in [6.07, 6.45) is -74.5. The quantitative estimate of drug-likeness (QED) is 0.0382. The first-order valence-corrected chi connectivity index (χ1v) is 29.8. The van der Waals surface area contributed by atoms with Crippen molar-refractivity contribution in [2.75, 3.05) is 46.2 Å². The molecule has 0 aliphatic carbocycles. The molecule has 41 heteroatoms. The molecule has 25 N–H and O–H groups in total. The Labute approximate surface area is 528 Å². The Bertz CT molecular complexity index is 2300. The highest BCUT2D eigenvalue weighted by Gasteiger charge is 2.60. The van der Waals surface area contributed by atoms with Crippen LogP contribution in [0.5, 0.6) is 0 Å². The Hall–Kier alpha value is -2.54. The maximum atomic E-state index is 13.5. The highest BCUT2D eigenvalue weighted by atomic mass is 16.8. The first kappa shape index (κ1) is 77.8. The zero-order valence-corrected chi connectivity index (χ0v) is 50.3. The molecule has 41 nitrogen and oxygen atoms in total. The van der Waals surface area contributed by atoms with Gasteiger partial charge < -0.3 is 194 Å². The van der Waals surface area contributed by atoms with Gasteiger partial charge in [-0.05, 0) is 13.8 Å². The van der Waals surface area contributed by atoms with Crippen molar-refractivity contribution in [3.05, 3.63) is 0 Å². The van der Waals surface area contributed by atoms with Gasteiger partial charge in [0, 0.05) is 13.8 Å². The molecule has 0 unspecified atom stereocenters. The van der Waals surface area contributed by atoms with E-state index in [4.69, 9.17) is 66.3 Å². The van der Waals surface area contributed by atoms with E-state index in [1.807, 2.05) is 0 Å². The molecular weight excluding hydrogens is 1280 g/mol. The molecule has 7 aliphatic rings. The standard InChI is InChI=1S/C52H90N2O39/c1-12-25(65)32(72)36(76)48(81-12)90-42-21(10-60)86-47(24(54-15(4)62)43(42)91-52-45(35(75)29(69)19(8-58)84-52)93-49-37(77)33(73)26(66)13(2)82-49)92-44-30(70)22(87-51(39(44)79)88-40(17(64)6-56)27(67)16(63)5-55)11-80-46-23(53-14(3)61)31(71)41(20(9-59)85-46)89-50-38(78)34(74)28(68)18(7-57)83-50/h12-13,16-52,55-60,63-79H,5-11H2,1-4H3,(H,53,61)(H,54,62)/t12-,13-,16-,17+,18+,19+,20+,21+,22+,23+,24+,25+,26+,27+,28-,29-,30-,31+,32+,33+,34-,35-,36-,37-,38+,39+,40+,41+,42+,43+,44-,45+,46+,47-,48-,49-,50-,51-,52-/m0/s1. The number of nitrogens with one attached hydrogen (secondary N) is 2. The summed E-state index contributed by atoms with van der Waals surface area (Å²) in [5, 5.41) is 254. The van der Waals surface area contributed by atoms with E-state index >= 15 is 0 Å². The predicted octanol–water partition coefficient (Wildman–Crippen LogP) is -16.5. The third-order valence-corrected chi connectivity index (χ3v) is 17.0. The molecule has 7 aliphatic heterocycles. The van der Waals surface area contributed by atoms with Crippen LogP contribution in [0.1, 0.15) is 27.7 Å². The number of carbonyl (C=O) groups is 2. The van der Waals surface area contributed by atoms with E-state index in [2.05, 4.69) is 10.6 Å². The molecule has 2 amide bonds. The van der Waals surface area contributed by atoms with Gasteiger partial charge in [0.25, 0.3) is 0 Å². The van der Waals surface area contributed by atoms with Crippen LogP contribution in [0.25, 0.3) is 0 Å². The summed E-state index contributed by atoms with van der Waals surface area (Å²) in [4.78, 5) is 26.2. The number of hydrogen-bond donors (Lipinski definition) is 25. The lowest BCUT2D eigenvalue weighted by atomic mass is 9.93. The van der Waals surface area contributed by atoms with Gasteiger partial charge in [-0.25, -0.2) is 0 Å². The summed E-state index contributed by atoms with van der Waals surface area (Å²) >= 11 is 0. The van der Waals surface area contributed by atoms with E-state index in [1.165, 1.54) is 13.8 Å². The molecule has 0 aromatic rings. The van der Waals surface area contributed by atoms with Crippen molar-refractivity contribution in [1.82, 2.24) is 10.6 Å². The minimum Gasteiger partial charge on any atom is -0.394 e. The van der Waals surface area contributed by atoms with Crippen LogP contribution < -0.4 is 10.6 Å². The Morgan fingerprint density at radius 2 is 0.774 bits per heavy atom. The molecule has 542 valence electrons. The zero-order chi connectivity index (χ0) is 68.9. The number of ether oxygens (including phenoxy) is 14. The minimum absolute atomic E-state index is 0.876. The van der Waals surface area contributed by atoms with E-state index < -0.39 is 297 Å². The van der Waals surface area contributed by atoms with Crippen molar-refractivity contribution < 1.29 is 193 Å². The van der Waals surface area contributed by atoms with Crippen molar-refractivity contribution in [1.29, 1.82) is 0 Å². The van der Waals surface area contributed by atoms with E-state index in [0.717, 1.165) is 13.8 Å². The van der Waals surface area contributed by atoms with E-state index in [0.29, 0.717) is 0 Å². The largest absolute Gasteiger partial charge is 0.394 e. The number of rotatable bonds is 26. The maximum Gasteiger partial charge on any atom is 0.217 e. The van der Waals surface area contributed by atoms with Crippen LogP contribution in [0, 0.1) is 0 Å². The van der Waals surface area contributed by atoms with Gasteiger partial charge in [0.2, 0.25) is 11.8 Å². The molecule has 0 spiro atoms. The summed E-state index contributed by atoms with van der Waals surface area (Å²) in [7, 11) is 0. The summed E-state index contributed by atoms with van der Waals surface area (Å²) in [5.74, 6) is -1.89. The Morgan fingerprint density at radius 3 is 1.29 bits per heavy atom. The maximum absolute atomic E-state index is 13.5. The molecule has 7 fully saturated rings. The number of aliphatic hydroxyl groups excluding tert-OH is 23. The SMILES string of the molecule is CC(=O)N[C@H]1[C@H](OC[C@H]2O[C@@H](O[C@@H]([C@H](O)[C@@H](O)CO)[C@H](O)CO)[C@H](O)[C@@H](O[C@@H]3O[C@H](CO)[C@@H](O[C@@H]4O[C@@H](C)[C@@H](O)[C@@H](O)[C@@H]4O)[C@H](O[C@@H]4O[C@H](CO)[C@H](O)[C@H](O)[C@H]4O[C@@H]4O[C@@H](C)[C@@H](O)[C@@H](O)[C@@H]4O)[C@H]3NC(C)=O)[C@H]2O)O[C@H](CO)[C@@H](O[C@@H]2O[C@H](CO)[C@H](O)[C@H](O)[C@H]2O)[C@@H]1O. The number of hydrogen-bond acceptors (Lipinski definition) is 39. The fraction of sp³-hybridized carbons (Fsp3) is 0.962. The van der Waals surface area contributed by atoms with Crippen LogP contribution in [0.3, 0.4) is 0 Å². The molecule has 0 aromatic carbocycles. The molecular formula is C52H90N2O39. The highest BCUT2D eigenvalue weighted by Crippen LogP contribution is 2.39. The van der Waals surface area contributed by atoms with Crippen molar-refractivity contribution in [2.24, 2.45) is 0 Å². The molecule has 7 saturated heterocycles. The molecule has 39 atom stereocenters. The zero-order valence-electron chi connectivity index (χ0n) is 50.3. The van der Waals surface area contributed by atoms with Gasteiger partial charge in [-0.1, -0.05) is 0 Å². The Balaban J connectivity index is 1.27. The molecule has 7 heterocycles. The van der Waals surface area contributed by atoms with Gasteiger partial charge in [-0.3, -0.25) is 9.59 Å². The third-order valence-electron chi connectivity index (χ3n) is 17.0. The van der Waals surface area contributed by atoms with Gasteiger partial charge >= 0.3 is 0 Å². The normalized spacial score (nSPS) is 48.1. The topological polar surface area (TPSA) is 653 Å². The number of aliphatic hydroxyl groups is 23. The number of amides is 2. The predicted molar refractivity (Wildman–Crippen MR) is 287 cm³/mol. The Kier molecular flexibility index (Phi) is 28.5. The second kappa shape index (κ2) is 34.0. The molecule has 0 saturated carbocycles. The fourth-order valence-electron chi connectivity index (χ4n) is 11.7. The molecule has 0 bridgehead atoms. The van der Waals surface area contributed by atoms with Crippen LogP contribution in [0.15, 0.2) is 0 Å². The Morgan fingerprint density at radius 1 is 0.366 bits per heavy atom.